The quantitative estimate of drug-likeness (QED) is 0.631. The molecule has 4 nitrogen and oxygen atoms in total. The summed E-state index contributed by atoms with van der Waals surface area (Å²) in [6, 6.07) is 3.16. The molecule has 0 spiro atoms. The highest BCUT2D eigenvalue weighted by molar-refractivity contribution is 7.80. The number of rotatable bonds is 3. The molecule has 0 saturated carbocycles. The number of hydrogen-bond donors (Lipinski definition) is 2. The summed E-state index contributed by atoms with van der Waals surface area (Å²) in [5.41, 5.74) is 1.53. The molecule has 0 bridgehead atoms. The maximum absolute atomic E-state index is 13.7. The number of ether oxygens (including phenoxy) is 1. The molecular formula is C16H14F2N2O2S2. The lowest BCUT2D eigenvalue weighted by molar-refractivity contribution is 0.0601. The first-order valence-corrected chi connectivity index (χ1v) is 8.48. The van der Waals surface area contributed by atoms with E-state index in [0.717, 1.165) is 41.8 Å². The van der Waals surface area contributed by atoms with Crippen molar-refractivity contribution in [3.63, 3.8) is 0 Å². The molecule has 0 aliphatic heterocycles. The van der Waals surface area contributed by atoms with Crippen molar-refractivity contribution in [3.05, 3.63) is 45.8 Å². The molecule has 3 rings (SSSR count). The molecule has 1 aromatic carbocycles. The van der Waals surface area contributed by atoms with Gasteiger partial charge in [0.05, 0.1) is 18.4 Å². The predicted octanol–water partition coefficient (Wildman–Crippen LogP) is 4.11. The minimum atomic E-state index is -0.749. The standard InChI is InChI=1S/C16H14F2N2O2S2/c1-22-15(21)13-9-3-2-4-12(9)24-14(13)20-16(23)19-11-6-5-8(17)7-10(11)18/h5-7H,2-4H2,1H3,(H2,19,20,23). The zero-order chi connectivity index (χ0) is 17.3. The summed E-state index contributed by atoms with van der Waals surface area (Å²) in [6.45, 7) is 0. The molecule has 24 heavy (non-hydrogen) atoms. The molecule has 1 aliphatic carbocycles. The van der Waals surface area contributed by atoms with E-state index in [1.165, 1.54) is 24.5 Å². The van der Waals surface area contributed by atoms with Gasteiger partial charge in [-0.15, -0.1) is 11.3 Å². The Morgan fingerprint density at radius 1 is 1.29 bits per heavy atom. The number of fused-ring (bicyclic) bond motifs is 1. The van der Waals surface area contributed by atoms with E-state index >= 15 is 0 Å². The molecule has 126 valence electrons. The predicted molar refractivity (Wildman–Crippen MR) is 93.9 cm³/mol. The van der Waals surface area contributed by atoms with Crippen LogP contribution in [-0.4, -0.2) is 18.2 Å². The molecular weight excluding hydrogens is 354 g/mol. The van der Waals surface area contributed by atoms with Gasteiger partial charge in [-0.25, -0.2) is 13.6 Å². The molecule has 2 aromatic rings. The molecule has 1 aliphatic rings. The molecule has 0 unspecified atom stereocenters. The van der Waals surface area contributed by atoms with Crippen LogP contribution in [0.15, 0.2) is 18.2 Å². The highest BCUT2D eigenvalue weighted by Gasteiger charge is 2.27. The van der Waals surface area contributed by atoms with Crippen LogP contribution in [0.2, 0.25) is 0 Å². The molecule has 1 aromatic heterocycles. The fourth-order valence-electron chi connectivity index (χ4n) is 2.66. The normalized spacial score (nSPS) is 12.6. The highest BCUT2D eigenvalue weighted by atomic mass is 32.1. The first-order chi connectivity index (χ1) is 11.5. The lowest BCUT2D eigenvalue weighted by atomic mass is 10.1. The number of halogens is 2. The molecule has 2 N–H and O–H groups in total. The minimum absolute atomic E-state index is 0.0533. The van der Waals surface area contributed by atoms with Gasteiger partial charge in [-0.2, -0.15) is 0 Å². The number of methoxy groups -OCH3 is 1. The fraction of sp³-hybridized carbons (Fsp3) is 0.250. The largest absolute Gasteiger partial charge is 0.465 e. The number of aryl methyl sites for hydroxylation is 1. The summed E-state index contributed by atoms with van der Waals surface area (Å²) in [6.07, 6.45) is 2.75. The second-order valence-electron chi connectivity index (χ2n) is 5.26. The number of hydrogen-bond acceptors (Lipinski definition) is 4. The van der Waals surface area contributed by atoms with Crippen LogP contribution in [0.4, 0.5) is 19.5 Å². The summed E-state index contributed by atoms with van der Waals surface area (Å²) < 4.78 is 31.5. The zero-order valence-corrected chi connectivity index (χ0v) is 14.4. The highest BCUT2D eigenvalue weighted by Crippen LogP contribution is 2.39. The Bertz CT molecular complexity index is 821. The third-order valence-electron chi connectivity index (χ3n) is 3.72. The minimum Gasteiger partial charge on any atom is -0.465 e. The number of thiocarbonyl (C=S) groups is 1. The van der Waals surface area contributed by atoms with Crippen LogP contribution in [0.25, 0.3) is 0 Å². The van der Waals surface area contributed by atoms with Crippen LogP contribution in [0.5, 0.6) is 0 Å². The van der Waals surface area contributed by atoms with Crippen LogP contribution >= 0.6 is 23.6 Å². The van der Waals surface area contributed by atoms with Crippen molar-refractivity contribution in [1.29, 1.82) is 0 Å². The van der Waals surface area contributed by atoms with Gasteiger partial charge in [0, 0.05) is 10.9 Å². The molecule has 0 amide bonds. The topological polar surface area (TPSA) is 50.4 Å². The summed E-state index contributed by atoms with van der Waals surface area (Å²) >= 11 is 6.62. The fourth-order valence-corrected chi connectivity index (χ4v) is 4.22. The summed E-state index contributed by atoms with van der Waals surface area (Å²) in [5.74, 6) is -1.84. The van der Waals surface area contributed by atoms with Gasteiger partial charge in [0.1, 0.15) is 16.6 Å². The first-order valence-electron chi connectivity index (χ1n) is 7.25. The van der Waals surface area contributed by atoms with Crippen molar-refractivity contribution in [2.45, 2.75) is 19.3 Å². The van der Waals surface area contributed by atoms with Crippen molar-refractivity contribution < 1.29 is 18.3 Å². The second kappa shape index (κ2) is 6.82. The van der Waals surface area contributed by atoms with Crippen molar-refractivity contribution >= 4 is 45.3 Å². The Kier molecular flexibility index (Phi) is 4.77. The average Bonchev–Trinajstić information content (AvgIpc) is 3.10. The molecule has 8 heteroatoms. The second-order valence-corrected chi connectivity index (χ2v) is 6.77. The van der Waals surface area contributed by atoms with E-state index in [1.54, 1.807) is 0 Å². The lowest BCUT2D eigenvalue weighted by Gasteiger charge is -2.11. The number of benzene rings is 1. The van der Waals surface area contributed by atoms with E-state index in [9.17, 15) is 13.6 Å². The Balaban J connectivity index is 1.81. The van der Waals surface area contributed by atoms with Crippen molar-refractivity contribution in [3.8, 4) is 0 Å². The SMILES string of the molecule is COC(=O)c1c(NC(=S)Nc2ccc(F)cc2F)sc2c1CCC2. The van der Waals surface area contributed by atoms with E-state index < -0.39 is 17.6 Å². The Morgan fingerprint density at radius 2 is 2.08 bits per heavy atom. The third-order valence-corrected chi connectivity index (χ3v) is 5.13. The van der Waals surface area contributed by atoms with Gasteiger partial charge in [0.2, 0.25) is 0 Å². The van der Waals surface area contributed by atoms with E-state index in [0.29, 0.717) is 10.6 Å². The number of carbonyl (C=O) groups is 1. The lowest BCUT2D eigenvalue weighted by Crippen LogP contribution is -2.21. The van der Waals surface area contributed by atoms with Gasteiger partial charge in [0.15, 0.2) is 5.11 Å². The van der Waals surface area contributed by atoms with Crippen LogP contribution in [0, 0.1) is 11.6 Å². The average molecular weight is 368 g/mol. The van der Waals surface area contributed by atoms with Gasteiger partial charge in [0.25, 0.3) is 0 Å². The van der Waals surface area contributed by atoms with E-state index in [2.05, 4.69) is 10.6 Å². The van der Waals surface area contributed by atoms with Gasteiger partial charge in [-0.3, -0.25) is 0 Å². The molecule has 0 radical (unpaired) electrons. The third kappa shape index (κ3) is 3.25. The molecule has 0 fully saturated rings. The van der Waals surface area contributed by atoms with E-state index in [4.69, 9.17) is 17.0 Å². The van der Waals surface area contributed by atoms with Gasteiger partial charge in [-0.05, 0) is 49.2 Å². The van der Waals surface area contributed by atoms with E-state index in [-0.39, 0.29) is 10.8 Å². The Labute approximate surface area is 146 Å². The van der Waals surface area contributed by atoms with Gasteiger partial charge < -0.3 is 15.4 Å². The van der Waals surface area contributed by atoms with E-state index in [1.807, 2.05) is 0 Å². The number of anilines is 2. The maximum Gasteiger partial charge on any atom is 0.341 e. The summed E-state index contributed by atoms with van der Waals surface area (Å²) in [7, 11) is 1.33. The maximum atomic E-state index is 13.7. The Hall–Kier alpha value is -2.06. The molecule has 0 atom stereocenters. The zero-order valence-electron chi connectivity index (χ0n) is 12.7. The van der Waals surface area contributed by atoms with Gasteiger partial charge in [-0.1, -0.05) is 0 Å². The molecule has 0 saturated heterocycles. The molecule has 1 heterocycles. The van der Waals surface area contributed by atoms with Gasteiger partial charge >= 0.3 is 5.97 Å². The van der Waals surface area contributed by atoms with Crippen LogP contribution in [0.3, 0.4) is 0 Å². The number of carbonyl (C=O) groups excluding carboxylic acids is 1. The smallest absolute Gasteiger partial charge is 0.341 e. The van der Waals surface area contributed by atoms with Crippen molar-refractivity contribution in [2.75, 3.05) is 17.7 Å². The van der Waals surface area contributed by atoms with Crippen molar-refractivity contribution in [1.82, 2.24) is 0 Å². The Morgan fingerprint density at radius 3 is 2.79 bits per heavy atom. The number of thiophene rings is 1. The first kappa shape index (κ1) is 16.8. The number of esters is 1. The van der Waals surface area contributed by atoms with Crippen LogP contribution in [0.1, 0.15) is 27.2 Å². The van der Waals surface area contributed by atoms with Crippen molar-refractivity contribution in [2.24, 2.45) is 0 Å². The van der Waals surface area contributed by atoms with Crippen LogP contribution < -0.4 is 10.6 Å². The van der Waals surface area contributed by atoms with Crippen LogP contribution in [-0.2, 0) is 17.6 Å². The monoisotopic (exact) mass is 368 g/mol. The summed E-state index contributed by atoms with van der Waals surface area (Å²) in [5, 5.41) is 6.28. The number of nitrogens with one attached hydrogen (secondary N) is 2. The summed E-state index contributed by atoms with van der Waals surface area (Å²) in [4.78, 5) is 13.2.